The maximum Gasteiger partial charge on any atom is 0.344 e. The van der Waals surface area contributed by atoms with E-state index in [4.69, 9.17) is 25.8 Å². The van der Waals surface area contributed by atoms with Gasteiger partial charge in [0.1, 0.15) is 10.8 Å². The number of nitrogens with zero attached hydrogens (tertiary/aromatic N) is 1. The molecule has 32 heavy (non-hydrogen) atoms. The lowest BCUT2D eigenvalue weighted by atomic mass is 10.1. The molecule has 172 valence electrons. The number of hydrogen-bond acceptors (Lipinski definition) is 8. The SMILES string of the molecule is CCOC(=O)c1c(NC(=O)COC(=O)COc2ccc(Cl)cc2)sc(C(=O)N(C)C)c1C. The zero-order valence-electron chi connectivity index (χ0n) is 18.0. The van der Waals surface area contributed by atoms with Gasteiger partial charge in [0.2, 0.25) is 0 Å². The summed E-state index contributed by atoms with van der Waals surface area (Å²) in [6, 6.07) is 6.39. The Labute approximate surface area is 194 Å². The molecule has 0 unspecified atom stereocenters. The van der Waals surface area contributed by atoms with Gasteiger partial charge in [0.05, 0.1) is 17.0 Å². The van der Waals surface area contributed by atoms with Crippen molar-refractivity contribution in [2.24, 2.45) is 0 Å². The number of ether oxygens (including phenoxy) is 3. The predicted molar refractivity (Wildman–Crippen MR) is 120 cm³/mol. The summed E-state index contributed by atoms with van der Waals surface area (Å²) in [5.41, 5.74) is 0.489. The average Bonchev–Trinajstić information content (AvgIpc) is 3.06. The Hall–Kier alpha value is -3.11. The lowest BCUT2D eigenvalue weighted by molar-refractivity contribution is -0.149. The smallest absolute Gasteiger partial charge is 0.344 e. The van der Waals surface area contributed by atoms with E-state index in [1.165, 1.54) is 4.90 Å². The Morgan fingerprint density at radius 1 is 1.06 bits per heavy atom. The van der Waals surface area contributed by atoms with Gasteiger partial charge < -0.3 is 24.4 Å². The van der Waals surface area contributed by atoms with E-state index in [-0.39, 0.29) is 23.1 Å². The van der Waals surface area contributed by atoms with Crippen molar-refractivity contribution in [3.63, 3.8) is 0 Å². The first-order chi connectivity index (χ1) is 15.1. The largest absolute Gasteiger partial charge is 0.482 e. The lowest BCUT2D eigenvalue weighted by Gasteiger charge is -2.09. The molecule has 0 aliphatic rings. The maximum atomic E-state index is 12.4. The number of nitrogens with one attached hydrogen (secondary N) is 1. The Bertz CT molecular complexity index is 1000. The van der Waals surface area contributed by atoms with Crippen molar-refractivity contribution in [3.05, 3.63) is 45.3 Å². The molecular weight excluding hydrogens is 460 g/mol. The number of esters is 2. The first kappa shape index (κ1) is 25.2. The molecular formula is C21H23ClN2O7S. The topological polar surface area (TPSA) is 111 Å². The van der Waals surface area contributed by atoms with Gasteiger partial charge in [0.25, 0.3) is 11.8 Å². The number of benzene rings is 1. The van der Waals surface area contributed by atoms with Crippen LogP contribution in [0.1, 0.15) is 32.5 Å². The molecule has 0 saturated heterocycles. The maximum absolute atomic E-state index is 12.4. The molecule has 11 heteroatoms. The van der Waals surface area contributed by atoms with Crippen molar-refractivity contribution < 1.29 is 33.4 Å². The Kier molecular flexibility index (Phi) is 9.03. The van der Waals surface area contributed by atoms with Crippen LogP contribution in [0.15, 0.2) is 24.3 Å². The molecule has 0 atom stereocenters. The van der Waals surface area contributed by atoms with Gasteiger partial charge in [-0.1, -0.05) is 11.6 Å². The van der Waals surface area contributed by atoms with E-state index in [1.54, 1.807) is 52.2 Å². The van der Waals surface area contributed by atoms with Crippen LogP contribution in [-0.4, -0.2) is 62.6 Å². The summed E-state index contributed by atoms with van der Waals surface area (Å²) < 4.78 is 15.2. The van der Waals surface area contributed by atoms with Crippen LogP contribution in [0.5, 0.6) is 5.75 Å². The van der Waals surface area contributed by atoms with Gasteiger partial charge in [-0.15, -0.1) is 11.3 Å². The highest BCUT2D eigenvalue weighted by Crippen LogP contribution is 2.34. The number of anilines is 1. The summed E-state index contributed by atoms with van der Waals surface area (Å²) in [5.74, 6) is -2.00. The molecule has 0 radical (unpaired) electrons. The molecule has 2 aromatic rings. The molecule has 0 fully saturated rings. The van der Waals surface area contributed by atoms with Gasteiger partial charge in [0.15, 0.2) is 13.2 Å². The van der Waals surface area contributed by atoms with E-state index >= 15 is 0 Å². The van der Waals surface area contributed by atoms with Crippen molar-refractivity contribution in [2.75, 3.05) is 39.2 Å². The molecule has 1 heterocycles. The summed E-state index contributed by atoms with van der Waals surface area (Å²) in [5, 5.41) is 3.18. The Morgan fingerprint density at radius 3 is 2.31 bits per heavy atom. The van der Waals surface area contributed by atoms with Crippen LogP contribution < -0.4 is 10.1 Å². The number of carbonyl (C=O) groups excluding carboxylic acids is 4. The van der Waals surface area contributed by atoms with Crippen molar-refractivity contribution in [1.82, 2.24) is 4.90 Å². The van der Waals surface area contributed by atoms with E-state index in [0.29, 0.717) is 21.2 Å². The minimum atomic E-state index is -0.758. The number of rotatable bonds is 9. The molecule has 0 aliphatic carbocycles. The van der Waals surface area contributed by atoms with Gasteiger partial charge in [-0.2, -0.15) is 0 Å². The average molecular weight is 483 g/mol. The zero-order valence-corrected chi connectivity index (χ0v) is 19.6. The summed E-state index contributed by atoms with van der Waals surface area (Å²) >= 11 is 6.72. The Morgan fingerprint density at radius 2 is 1.72 bits per heavy atom. The first-order valence-corrected chi connectivity index (χ1v) is 10.7. The van der Waals surface area contributed by atoms with Gasteiger partial charge in [-0.25, -0.2) is 9.59 Å². The second-order valence-corrected chi connectivity index (χ2v) is 8.09. The first-order valence-electron chi connectivity index (χ1n) is 9.50. The molecule has 0 spiro atoms. The van der Waals surface area contributed by atoms with Crippen LogP contribution >= 0.6 is 22.9 Å². The van der Waals surface area contributed by atoms with Crippen molar-refractivity contribution in [3.8, 4) is 5.75 Å². The van der Waals surface area contributed by atoms with Crippen molar-refractivity contribution in [2.45, 2.75) is 13.8 Å². The van der Waals surface area contributed by atoms with Crippen LogP contribution in [0, 0.1) is 6.92 Å². The molecule has 1 aromatic heterocycles. The summed E-state index contributed by atoms with van der Waals surface area (Å²) in [6.07, 6.45) is 0. The van der Waals surface area contributed by atoms with E-state index in [1.807, 2.05) is 0 Å². The molecule has 0 saturated carbocycles. The molecule has 2 rings (SSSR count). The van der Waals surface area contributed by atoms with Gasteiger partial charge in [-0.05, 0) is 43.7 Å². The van der Waals surface area contributed by atoms with Gasteiger partial charge in [-0.3, -0.25) is 9.59 Å². The predicted octanol–water partition coefficient (Wildman–Crippen LogP) is 3.15. The quantitative estimate of drug-likeness (QED) is 0.546. The molecule has 2 amide bonds. The van der Waals surface area contributed by atoms with Crippen molar-refractivity contribution >= 4 is 51.7 Å². The number of halogens is 1. The van der Waals surface area contributed by atoms with E-state index in [2.05, 4.69) is 5.32 Å². The lowest BCUT2D eigenvalue weighted by Crippen LogP contribution is -2.24. The van der Waals surface area contributed by atoms with E-state index < -0.39 is 31.1 Å². The molecule has 1 aromatic carbocycles. The van der Waals surface area contributed by atoms with Gasteiger partial charge >= 0.3 is 11.9 Å². The fourth-order valence-electron chi connectivity index (χ4n) is 2.48. The molecule has 1 N–H and O–H groups in total. The normalized spacial score (nSPS) is 10.3. The second-order valence-electron chi connectivity index (χ2n) is 6.63. The molecule has 0 bridgehead atoms. The fraction of sp³-hybridized carbons (Fsp3) is 0.333. The number of thiophene rings is 1. The van der Waals surface area contributed by atoms with Crippen LogP contribution in [-0.2, 0) is 19.1 Å². The van der Waals surface area contributed by atoms with Crippen LogP contribution in [0.2, 0.25) is 5.02 Å². The number of amides is 2. The highest BCUT2D eigenvalue weighted by Gasteiger charge is 2.27. The van der Waals surface area contributed by atoms with E-state index in [0.717, 1.165) is 11.3 Å². The zero-order chi connectivity index (χ0) is 23.8. The van der Waals surface area contributed by atoms with Crippen LogP contribution in [0.25, 0.3) is 0 Å². The summed E-state index contributed by atoms with van der Waals surface area (Å²) in [6.45, 7) is 2.38. The van der Waals surface area contributed by atoms with E-state index in [9.17, 15) is 19.2 Å². The highest BCUT2D eigenvalue weighted by atomic mass is 35.5. The molecule has 0 aliphatic heterocycles. The summed E-state index contributed by atoms with van der Waals surface area (Å²) in [7, 11) is 3.16. The second kappa shape index (κ2) is 11.5. The minimum absolute atomic E-state index is 0.0906. The summed E-state index contributed by atoms with van der Waals surface area (Å²) in [4.78, 5) is 50.6. The third-order valence-corrected chi connectivity index (χ3v) is 5.46. The third kappa shape index (κ3) is 6.69. The fourth-order valence-corrected chi connectivity index (χ4v) is 3.84. The van der Waals surface area contributed by atoms with Crippen LogP contribution in [0.4, 0.5) is 5.00 Å². The minimum Gasteiger partial charge on any atom is -0.482 e. The number of hydrogen-bond donors (Lipinski definition) is 1. The third-order valence-electron chi connectivity index (χ3n) is 4.01. The van der Waals surface area contributed by atoms with Gasteiger partial charge in [0, 0.05) is 19.1 Å². The van der Waals surface area contributed by atoms with Crippen molar-refractivity contribution in [1.29, 1.82) is 0 Å². The van der Waals surface area contributed by atoms with Crippen LogP contribution in [0.3, 0.4) is 0 Å². The standard InChI is InChI=1S/C21H23ClN2O7S/c1-5-29-21(28)17-12(2)18(20(27)24(3)4)32-19(17)23-15(25)10-31-16(26)11-30-14-8-6-13(22)7-9-14/h6-9H,5,10-11H2,1-4H3,(H,23,25). The highest BCUT2D eigenvalue weighted by molar-refractivity contribution is 7.18. The Balaban J connectivity index is 2.02. The number of carbonyl (C=O) groups is 4. The monoisotopic (exact) mass is 482 g/mol. The molecule has 9 nitrogen and oxygen atoms in total.